The number of benzene rings is 1. The van der Waals surface area contributed by atoms with Crippen LogP contribution in [0.1, 0.15) is 32.4 Å². The molecule has 1 atom stereocenters. The molecular weight excluding hydrogens is 250 g/mol. The molecule has 1 aromatic heterocycles. The second-order valence-electron chi connectivity index (χ2n) is 5.16. The molecule has 0 aliphatic carbocycles. The third kappa shape index (κ3) is 3.23. The van der Waals surface area contributed by atoms with Crippen LogP contribution in [0.2, 0.25) is 0 Å². The van der Waals surface area contributed by atoms with Gasteiger partial charge in [0.2, 0.25) is 0 Å². The maximum Gasteiger partial charge on any atom is 0.167 e. The van der Waals surface area contributed by atoms with E-state index in [0.717, 1.165) is 29.4 Å². The Labute approximate surface area is 119 Å². The lowest BCUT2D eigenvalue weighted by atomic mass is 9.92. The predicted octanol–water partition coefficient (Wildman–Crippen LogP) is 3.14. The summed E-state index contributed by atoms with van der Waals surface area (Å²) in [6.07, 6.45) is 0.948. The summed E-state index contributed by atoms with van der Waals surface area (Å²) < 4.78 is 0. The fourth-order valence-electron chi connectivity index (χ4n) is 2.49. The van der Waals surface area contributed by atoms with E-state index in [1.54, 1.807) is 0 Å². The van der Waals surface area contributed by atoms with E-state index < -0.39 is 6.10 Å². The number of aromatic nitrogens is 1. The standard InChI is InChI=1S/C17H21NO2/c1-3-12(4-2)17(20)16(19)11-14-10-9-13-7-5-6-8-15(13)18-14/h5-10,12,17,20H,3-4,11H2,1-2H3. The van der Waals surface area contributed by atoms with Crippen LogP contribution in [0.15, 0.2) is 36.4 Å². The highest BCUT2D eigenvalue weighted by atomic mass is 16.3. The number of carbonyl (C=O) groups excluding carboxylic acids is 1. The molecule has 2 aromatic rings. The number of carbonyl (C=O) groups is 1. The third-order valence-electron chi connectivity index (χ3n) is 3.84. The van der Waals surface area contributed by atoms with E-state index in [-0.39, 0.29) is 18.1 Å². The fourth-order valence-corrected chi connectivity index (χ4v) is 2.49. The number of hydrogen-bond donors (Lipinski definition) is 1. The van der Waals surface area contributed by atoms with Gasteiger partial charge in [-0.15, -0.1) is 0 Å². The number of aliphatic hydroxyl groups excluding tert-OH is 1. The molecule has 1 aromatic carbocycles. The summed E-state index contributed by atoms with van der Waals surface area (Å²) >= 11 is 0. The smallest absolute Gasteiger partial charge is 0.167 e. The number of Topliss-reactive ketones (excluding diaryl/α,β-unsaturated/α-hetero) is 1. The summed E-state index contributed by atoms with van der Waals surface area (Å²) in [4.78, 5) is 16.6. The first kappa shape index (κ1) is 14.7. The number of aliphatic hydroxyl groups is 1. The summed E-state index contributed by atoms with van der Waals surface area (Å²) in [6.45, 7) is 4.00. The van der Waals surface area contributed by atoms with Crippen molar-refractivity contribution in [3.63, 3.8) is 0 Å². The predicted molar refractivity (Wildman–Crippen MR) is 80.5 cm³/mol. The monoisotopic (exact) mass is 271 g/mol. The van der Waals surface area contributed by atoms with Crippen LogP contribution < -0.4 is 0 Å². The fraction of sp³-hybridized carbons (Fsp3) is 0.412. The average molecular weight is 271 g/mol. The van der Waals surface area contributed by atoms with Gasteiger partial charge in [-0.2, -0.15) is 0 Å². The van der Waals surface area contributed by atoms with Crippen molar-refractivity contribution < 1.29 is 9.90 Å². The van der Waals surface area contributed by atoms with Crippen molar-refractivity contribution in [2.24, 2.45) is 5.92 Å². The summed E-state index contributed by atoms with van der Waals surface area (Å²) in [6, 6.07) is 11.6. The lowest BCUT2D eigenvalue weighted by Gasteiger charge is -2.18. The molecule has 1 unspecified atom stereocenters. The van der Waals surface area contributed by atoms with Gasteiger partial charge in [-0.1, -0.05) is 51.0 Å². The number of rotatable bonds is 6. The van der Waals surface area contributed by atoms with Gasteiger partial charge >= 0.3 is 0 Å². The Kier molecular flexibility index (Phi) is 4.85. The molecule has 2 rings (SSSR count). The number of hydrogen-bond acceptors (Lipinski definition) is 3. The van der Waals surface area contributed by atoms with Crippen LogP contribution in [-0.2, 0) is 11.2 Å². The van der Waals surface area contributed by atoms with Crippen molar-refractivity contribution >= 4 is 16.7 Å². The first-order valence-corrected chi connectivity index (χ1v) is 7.21. The molecule has 0 aliphatic heterocycles. The number of ketones is 1. The molecule has 0 bridgehead atoms. The first-order chi connectivity index (χ1) is 9.65. The Balaban J connectivity index is 2.13. The van der Waals surface area contributed by atoms with E-state index in [1.807, 2.05) is 50.2 Å². The van der Waals surface area contributed by atoms with Gasteiger partial charge < -0.3 is 5.11 Å². The molecule has 20 heavy (non-hydrogen) atoms. The Bertz CT molecular complexity index is 590. The zero-order valence-corrected chi connectivity index (χ0v) is 12.0. The van der Waals surface area contributed by atoms with Crippen LogP contribution in [0.3, 0.4) is 0 Å². The van der Waals surface area contributed by atoms with Crippen molar-refractivity contribution in [3.05, 3.63) is 42.1 Å². The number of pyridine rings is 1. The van der Waals surface area contributed by atoms with Crippen LogP contribution >= 0.6 is 0 Å². The van der Waals surface area contributed by atoms with Gasteiger partial charge in [0.25, 0.3) is 0 Å². The molecule has 0 saturated heterocycles. The minimum atomic E-state index is -0.877. The van der Waals surface area contributed by atoms with Crippen molar-refractivity contribution in [1.29, 1.82) is 0 Å². The van der Waals surface area contributed by atoms with E-state index in [2.05, 4.69) is 4.98 Å². The molecule has 3 heteroatoms. The molecule has 0 radical (unpaired) electrons. The van der Waals surface area contributed by atoms with Crippen molar-refractivity contribution in [1.82, 2.24) is 4.98 Å². The molecule has 0 saturated carbocycles. The Morgan fingerprint density at radius 1 is 1.15 bits per heavy atom. The van der Waals surface area contributed by atoms with E-state index >= 15 is 0 Å². The number of nitrogens with zero attached hydrogens (tertiary/aromatic N) is 1. The van der Waals surface area contributed by atoms with Gasteiger partial charge in [-0.25, -0.2) is 0 Å². The van der Waals surface area contributed by atoms with Crippen molar-refractivity contribution in [2.75, 3.05) is 0 Å². The van der Waals surface area contributed by atoms with Crippen molar-refractivity contribution in [3.8, 4) is 0 Å². The SMILES string of the molecule is CCC(CC)C(O)C(=O)Cc1ccc2ccccc2n1. The first-order valence-electron chi connectivity index (χ1n) is 7.21. The average Bonchev–Trinajstić information content (AvgIpc) is 2.48. The van der Waals surface area contributed by atoms with Gasteiger partial charge in [-0.05, 0) is 18.1 Å². The highest BCUT2D eigenvalue weighted by Crippen LogP contribution is 2.17. The van der Waals surface area contributed by atoms with Gasteiger partial charge in [-0.3, -0.25) is 9.78 Å². The maximum absolute atomic E-state index is 12.1. The maximum atomic E-state index is 12.1. The van der Waals surface area contributed by atoms with Crippen LogP contribution in [0.4, 0.5) is 0 Å². The summed E-state index contributed by atoms with van der Waals surface area (Å²) in [7, 11) is 0. The van der Waals surface area contributed by atoms with E-state index in [0.29, 0.717) is 0 Å². The molecule has 0 spiro atoms. The van der Waals surface area contributed by atoms with Crippen LogP contribution in [0.25, 0.3) is 10.9 Å². The van der Waals surface area contributed by atoms with Gasteiger partial charge in [0.05, 0.1) is 11.9 Å². The van der Waals surface area contributed by atoms with E-state index in [1.165, 1.54) is 0 Å². The highest BCUT2D eigenvalue weighted by Gasteiger charge is 2.23. The Morgan fingerprint density at radius 2 is 1.85 bits per heavy atom. The third-order valence-corrected chi connectivity index (χ3v) is 3.84. The molecule has 0 fully saturated rings. The highest BCUT2D eigenvalue weighted by molar-refractivity contribution is 5.86. The lowest BCUT2D eigenvalue weighted by molar-refractivity contribution is -0.129. The quantitative estimate of drug-likeness (QED) is 0.878. The van der Waals surface area contributed by atoms with Gasteiger partial charge in [0.1, 0.15) is 6.10 Å². The zero-order chi connectivity index (χ0) is 14.5. The molecule has 1 heterocycles. The molecule has 1 N–H and O–H groups in total. The van der Waals surface area contributed by atoms with Crippen LogP contribution in [0, 0.1) is 5.92 Å². The molecule has 0 aliphatic rings. The van der Waals surface area contributed by atoms with Gasteiger partial charge in [0, 0.05) is 11.1 Å². The minimum Gasteiger partial charge on any atom is -0.385 e. The van der Waals surface area contributed by atoms with Crippen LogP contribution in [0.5, 0.6) is 0 Å². The Hall–Kier alpha value is -1.74. The van der Waals surface area contributed by atoms with Crippen molar-refractivity contribution in [2.45, 2.75) is 39.2 Å². The summed E-state index contributed by atoms with van der Waals surface area (Å²) in [5, 5.41) is 11.1. The number of para-hydroxylation sites is 1. The molecule has 0 amide bonds. The van der Waals surface area contributed by atoms with Gasteiger partial charge in [0.15, 0.2) is 5.78 Å². The van der Waals surface area contributed by atoms with E-state index in [9.17, 15) is 9.90 Å². The normalized spacial score (nSPS) is 12.8. The molecule has 106 valence electrons. The lowest BCUT2D eigenvalue weighted by Crippen LogP contribution is -2.30. The van der Waals surface area contributed by atoms with Crippen LogP contribution in [-0.4, -0.2) is 22.0 Å². The summed E-state index contributed by atoms with van der Waals surface area (Å²) in [5.41, 5.74) is 1.61. The van der Waals surface area contributed by atoms with E-state index in [4.69, 9.17) is 0 Å². The zero-order valence-electron chi connectivity index (χ0n) is 12.0. The largest absolute Gasteiger partial charge is 0.385 e. The topological polar surface area (TPSA) is 50.2 Å². The minimum absolute atomic E-state index is 0.0444. The second kappa shape index (κ2) is 6.62. The summed E-state index contributed by atoms with van der Waals surface area (Å²) in [5.74, 6) is -0.0931. The molecule has 3 nitrogen and oxygen atoms in total. The number of fused-ring (bicyclic) bond motifs is 1. The molecular formula is C17H21NO2. The second-order valence-corrected chi connectivity index (χ2v) is 5.16. The Morgan fingerprint density at radius 3 is 2.55 bits per heavy atom.